The number of hydrogen-bond acceptors (Lipinski definition) is 9. The predicted octanol–water partition coefficient (Wildman–Crippen LogP) is 4.79. The van der Waals surface area contributed by atoms with Gasteiger partial charge in [0.05, 0.1) is 26.1 Å². The third-order valence-corrected chi connectivity index (χ3v) is 11.9. The van der Waals surface area contributed by atoms with Crippen molar-refractivity contribution in [1.82, 2.24) is 20.2 Å². The van der Waals surface area contributed by atoms with Crippen LogP contribution in [0.1, 0.15) is 41.2 Å². The Hall–Kier alpha value is -2.81. The lowest BCUT2D eigenvalue weighted by Crippen LogP contribution is -2.43. The van der Waals surface area contributed by atoms with E-state index < -0.39 is 21.6 Å². The second-order valence-corrected chi connectivity index (χ2v) is 14.6. The maximum atomic E-state index is 14.1. The van der Waals surface area contributed by atoms with E-state index in [9.17, 15) is 21.6 Å². The van der Waals surface area contributed by atoms with Crippen LogP contribution in [0.5, 0.6) is 0 Å². The molecule has 0 radical (unpaired) electrons. The zero-order chi connectivity index (χ0) is 28.7. The van der Waals surface area contributed by atoms with Gasteiger partial charge in [-0.05, 0) is 55.0 Å². The fraction of sp³-hybridized carbons (Fsp3) is 0.444. The number of aromatic nitrogens is 2. The van der Waals surface area contributed by atoms with Crippen molar-refractivity contribution < 1.29 is 21.6 Å². The molecule has 216 valence electrons. The molecule has 7 rings (SSSR count). The van der Waals surface area contributed by atoms with Crippen LogP contribution >= 0.6 is 23.6 Å². The Morgan fingerprint density at radius 2 is 2.02 bits per heavy atom. The molecule has 0 amide bonds. The van der Waals surface area contributed by atoms with Gasteiger partial charge >= 0.3 is 6.18 Å². The number of nitrogens with zero attached hydrogens (tertiary/aromatic N) is 4. The average Bonchev–Trinajstić information content (AvgIpc) is 3.34. The Labute approximate surface area is 244 Å². The molecule has 2 atom stereocenters. The summed E-state index contributed by atoms with van der Waals surface area (Å²) in [6.45, 7) is 2.15. The monoisotopic (exact) mass is 620 g/mol. The average molecular weight is 621 g/mol. The maximum Gasteiger partial charge on any atom is 0.420 e. The van der Waals surface area contributed by atoms with Crippen molar-refractivity contribution in [1.29, 1.82) is 0 Å². The van der Waals surface area contributed by atoms with Gasteiger partial charge in [0.1, 0.15) is 10.6 Å². The van der Waals surface area contributed by atoms with E-state index in [4.69, 9.17) is 12.2 Å². The van der Waals surface area contributed by atoms with E-state index in [-0.39, 0.29) is 43.6 Å². The Morgan fingerprint density at radius 1 is 1.22 bits per heavy atom. The summed E-state index contributed by atoms with van der Waals surface area (Å²) < 4.78 is 68.2. The standard InChI is InChI=1S/C27H27F3N6O2S3/c1-35-6-7-41(37,38)22-10-21(40-24(22)25(35)39)23-19(27(28,29)30)12-32-26(34-23)33-20-5-4-16(9-18(20)14-2-3-14)36-13-15-8-17(36)11-31-15/h4-5,9-10,12,14-15,17,31H,2-3,6-8,11,13H2,1H3,(H,32,33,34)/t15-,17-/m1/s1. The summed E-state index contributed by atoms with van der Waals surface area (Å²) in [5.74, 6) is 0.212. The second kappa shape index (κ2) is 9.61. The minimum Gasteiger partial charge on any atom is -0.366 e. The van der Waals surface area contributed by atoms with Gasteiger partial charge in [0, 0.05) is 56.3 Å². The fourth-order valence-corrected chi connectivity index (χ4v) is 9.36. The smallest absolute Gasteiger partial charge is 0.366 e. The molecule has 0 unspecified atom stereocenters. The molecular weight excluding hydrogens is 594 g/mol. The number of benzene rings is 1. The Kier molecular flexibility index (Phi) is 6.34. The molecule has 2 N–H and O–H groups in total. The molecule has 8 nitrogen and oxygen atoms in total. The highest BCUT2D eigenvalue weighted by Crippen LogP contribution is 2.47. The zero-order valence-corrected chi connectivity index (χ0v) is 24.5. The molecule has 3 fully saturated rings. The van der Waals surface area contributed by atoms with E-state index in [0.29, 0.717) is 18.0 Å². The van der Waals surface area contributed by atoms with Crippen LogP contribution in [0.3, 0.4) is 0 Å². The van der Waals surface area contributed by atoms with Crippen LogP contribution in [0.2, 0.25) is 0 Å². The van der Waals surface area contributed by atoms with E-state index in [1.807, 2.05) is 12.1 Å². The summed E-state index contributed by atoms with van der Waals surface area (Å²) in [5, 5.41) is 6.69. The Morgan fingerprint density at radius 3 is 2.71 bits per heavy atom. The van der Waals surface area contributed by atoms with E-state index in [2.05, 4.69) is 31.6 Å². The summed E-state index contributed by atoms with van der Waals surface area (Å²) in [5.41, 5.74) is 1.61. The zero-order valence-electron chi connectivity index (χ0n) is 22.0. The number of thiocarbonyl (C=S) groups is 1. The highest BCUT2D eigenvalue weighted by atomic mass is 32.2. The third kappa shape index (κ3) is 4.88. The molecular formula is C27H27F3N6O2S3. The summed E-state index contributed by atoms with van der Waals surface area (Å²) in [6.07, 6.45) is -0.748. The van der Waals surface area contributed by atoms with Crippen molar-refractivity contribution in [3.63, 3.8) is 0 Å². The molecule has 2 bridgehead atoms. The molecule has 5 heterocycles. The number of nitrogens with one attached hydrogen (secondary N) is 2. The summed E-state index contributed by atoms with van der Waals surface area (Å²) in [4.78, 5) is 13.0. The number of halogens is 3. The van der Waals surface area contributed by atoms with Crippen LogP contribution in [0.25, 0.3) is 10.6 Å². The molecule has 1 saturated carbocycles. The van der Waals surface area contributed by atoms with Crippen LogP contribution in [-0.4, -0.2) is 72.8 Å². The van der Waals surface area contributed by atoms with E-state index in [0.717, 1.165) is 66.8 Å². The van der Waals surface area contributed by atoms with E-state index >= 15 is 0 Å². The molecule has 3 aliphatic heterocycles. The van der Waals surface area contributed by atoms with E-state index in [1.165, 1.54) is 6.07 Å². The summed E-state index contributed by atoms with van der Waals surface area (Å²) in [6, 6.07) is 8.44. The highest BCUT2D eigenvalue weighted by molar-refractivity contribution is 7.92. The van der Waals surface area contributed by atoms with Gasteiger partial charge < -0.3 is 20.4 Å². The van der Waals surface area contributed by atoms with Crippen LogP contribution in [0.15, 0.2) is 35.4 Å². The number of anilines is 3. The van der Waals surface area contributed by atoms with Crippen molar-refractivity contribution in [3.8, 4) is 10.6 Å². The number of sulfone groups is 1. The van der Waals surface area contributed by atoms with Crippen LogP contribution in [0, 0.1) is 0 Å². The lowest BCUT2D eigenvalue weighted by atomic mass is 10.1. The quantitative estimate of drug-likeness (QED) is 0.391. The topological polar surface area (TPSA) is 90.5 Å². The van der Waals surface area contributed by atoms with Gasteiger partial charge in [-0.15, -0.1) is 11.3 Å². The molecule has 2 aromatic heterocycles. The molecule has 2 saturated heterocycles. The van der Waals surface area contributed by atoms with Gasteiger partial charge in [0.25, 0.3) is 0 Å². The molecule has 1 aliphatic carbocycles. The van der Waals surface area contributed by atoms with Crippen molar-refractivity contribution >= 4 is 55.7 Å². The van der Waals surface area contributed by atoms with Gasteiger partial charge in [-0.2, -0.15) is 13.2 Å². The molecule has 4 aliphatic rings. The molecule has 0 spiro atoms. The van der Waals surface area contributed by atoms with E-state index in [1.54, 1.807) is 11.9 Å². The van der Waals surface area contributed by atoms with Crippen molar-refractivity contribution in [3.05, 3.63) is 46.5 Å². The third-order valence-electron chi connectivity index (χ3n) is 8.28. The van der Waals surface area contributed by atoms with Crippen molar-refractivity contribution in [2.24, 2.45) is 0 Å². The van der Waals surface area contributed by atoms with Crippen molar-refractivity contribution in [2.45, 2.75) is 48.3 Å². The maximum absolute atomic E-state index is 14.1. The first-order valence-electron chi connectivity index (χ1n) is 13.5. The van der Waals surface area contributed by atoms with Gasteiger partial charge in [-0.25, -0.2) is 18.4 Å². The van der Waals surface area contributed by atoms with Gasteiger partial charge in [-0.1, -0.05) is 12.2 Å². The predicted molar refractivity (Wildman–Crippen MR) is 156 cm³/mol. The number of rotatable bonds is 5. The van der Waals surface area contributed by atoms with Gasteiger partial charge in [-0.3, -0.25) is 0 Å². The Balaban J connectivity index is 1.27. The minimum absolute atomic E-state index is 0.0122. The number of piperazine rings is 1. The molecule has 14 heteroatoms. The number of thiophene rings is 1. The van der Waals surface area contributed by atoms with Gasteiger partial charge in [0.2, 0.25) is 5.95 Å². The Bertz CT molecular complexity index is 1670. The largest absolute Gasteiger partial charge is 0.420 e. The summed E-state index contributed by atoms with van der Waals surface area (Å²) in [7, 11) is -2.05. The summed E-state index contributed by atoms with van der Waals surface area (Å²) >= 11 is 6.37. The number of fused-ring (bicyclic) bond motifs is 3. The normalized spacial score (nSPS) is 23.6. The first-order chi connectivity index (χ1) is 19.5. The van der Waals surface area contributed by atoms with Crippen LogP contribution in [-0.2, 0) is 16.0 Å². The molecule has 41 heavy (non-hydrogen) atoms. The SMILES string of the molecule is CN1CCS(=O)(=O)c2cc(-c3nc(Nc4ccc(N5C[C@H]6C[C@@H]5CN6)cc4C4CC4)ncc3C(F)(F)F)sc2C1=S. The number of hydrogen-bond donors (Lipinski definition) is 2. The number of alkyl halides is 3. The molecule has 3 aromatic rings. The second-order valence-electron chi connectivity index (χ2n) is 11.1. The van der Waals surface area contributed by atoms with Crippen LogP contribution in [0.4, 0.5) is 30.5 Å². The molecule has 1 aromatic carbocycles. The first kappa shape index (κ1) is 27.0. The lowest BCUT2D eigenvalue weighted by molar-refractivity contribution is -0.137. The van der Waals surface area contributed by atoms with Crippen molar-refractivity contribution in [2.75, 3.05) is 42.7 Å². The highest BCUT2D eigenvalue weighted by Gasteiger charge is 2.39. The fourth-order valence-electron chi connectivity index (χ4n) is 5.92. The minimum atomic E-state index is -4.74. The van der Waals surface area contributed by atoms with Crippen LogP contribution < -0.4 is 15.5 Å². The van der Waals surface area contributed by atoms with Gasteiger partial charge in [0.15, 0.2) is 9.84 Å². The lowest BCUT2D eigenvalue weighted by Gasteiger charge is -2.30. The first-order valence-corrected chi connectivity index (χ1v) is 16.3.